The minimum Gasteiger partial charge on any atom is -0.354 e. The molecule has 4 nitrogen and oxygen atoms in total. The molecule has 0 radical (unpaired) electrons. The van der Waals surface area contributed by atoms with Crippen molar-refractivity contribution in [2.75, 3.05) is 25.5 Å². The fraction of sp³-hybridized carbons (Fsp3) is 0.769. The molecular formula is C13H26N4. The zero-order valence-corrected chi connectivity index (χ0v) is 11.6. The molecule has 17 heavy (non-hydrogen) atoms. The van der Waals surface area contributed by atoms with Crippen molar-refractivity contribution >= 4 is 5.95 Å². The van der Waals surface area contributed by atoms with Crippen LogP contribution >= 0.6 is 0 Å². The fourth-order valence-electron chi connectivity index (χ4n) is 1.59. The van der Waals surface area contributed by atoms with Crippen LogP contribution in [0.5, 0.6) is 0 Å². The number of nitrogens with one attached hydrogen (secondary N) is 1. The Bertz CT molecular complexity index is 306. The van der Waals surface area contributed by atoms with Crippen molar-refractivity contribution in [2.24, 2.45) is 0 Å². The summed E-state index contributed by atoms with van der Waals surface area (Å²) in [5, 5.41) is 3.40. The number of aromatic nitrogens is 2. The number of nitrogens with zero attached hydrogens (tertiary/aromatic N) is 3. The first-order valence-corrected chi connectivity index (χ1v) is 6.60. The van der Waals surface area contributed by atoms with Gasteiger partial charge in [-0.15, -0.1) is 0 Å². The predicted octanol–water partition coefficient (Wildman–Crippen LogP) is 2.44. The van der Waals surface area contributed by atoms with Gasteiger partial charge in [-0.25, -0.2) is 4.98 Å². The van der Waals surface area contributed by atoms with Crippen LogP contribution < -0.4 is 5.32 Å². The summed E-state index contributed by atoms with van der Waals surface area (Å²) in [4.78, 5) is 6.67. The monoisotopic (exact) mass is 238 g/mol. The van der Waals surface area contributed by atoms with Crippen molar-refractivity contribution < 1.29 is 0 Å². The zero-order chi connectivity index (χ0) is 12.7. The molecule has 0 fully saturated rings. The third-order valence-electron chi connectivity index (χ3n) is 3.10. The van der Waals surface area contributed by atoms with Gasteiger partial charge in [-0.05, 0) is 27.3 Å². The largest absolute Gasteiger partial charge is 0.354 e. The van der Waals surface area contributed by atoms with E-state index in [2.05, 4.69) is 47.6 Å². The molecule has 0 aliphatic rings. The topological polar surface area (TPSA) is 33.1 Å². The van der Waals surface area contributed by atoms with E-state index >= 15 is 0 Å². The van der Waals surface area contributed by atoms with Gasteiger partial charge in [-0.1, -0.05) is 13.3 Å². The lowest BCUT2D eigenvalue weighted by Crippen LogP contribution is -2.31. The number of rotatable bonds is 8. The van der Waals surface area contributed by atoms with Gasteiger partial charge in [0.05, 0.1) is 0 Å². The molecule has 4 heteroatoms. The maximum absolute atomic E-state index is 4.34. The number of hydrogen-bond acceptors (Lipinski definition) is 3. The highest BCUT2D eigenvalue weighted by atomic mass is 15.2. The van der Waals surface area contributed by atoms with Gasteiger partial charge < -0.3 is 14.8 Å². The summed E-state index contributed by atoms with van der Waals surface area (Å²) >= 11 is 0. The first-order valence-electron chi connectivity index (χ1n) is 6.60. The summed E-state index contributed by atoms with van der Waals surface area (Å²) in [7, 11) is 2.15. The van der Waals surface area contributed by atoms with E-state index in [0.29, 0.717) is 6.04 Å². The molecule has 98 valence electrons. The van der Waals surface area contributed by atoms with Gasteiger partial charge in [0.1, 0.15) is 0 Å². The third-order valence-corrected chi connectivity index (χ3v) is 3.10. The van der Waals surface area contributed by atoms with Crippen LogP contribution in [0.15, 0.2) is 12.4 Å². The van der Waals surface area contributed by atoms with Crippen LogP contribution in [0.4, 0.5) is 5.95 Å². The Morgan fingerprint density at radius 1 is 1.47 bits per heavy atom. The third kappa shape index (κ3) is 4.77. The second kappa shape index (κ2) is 7.33. The average Bonchev–Trinajstić information content (AvgIpc) is 2.73. The molecule has 0 aromatic carbocycles. The van der Waals surface area contributed by atoms with Crippen LogP contribution in [0, 0.1) is 0 Å². The number of hydrogen-bond donors (Lipinski definition) is 1. The Kier molecular flexibility index (Phi) is 6.05. The standard InChI is InChI=1S/C13H26N4/c1-5-6-9-17-11-8-15-13(17)14-7-10-16(4)12(2)3/h8,11-12H,5-7,9-10H2,1-4H3,(H,14,15). The minimum absolute atomic E-state index is 0.594. The second-order valence-electron chi connectivity index (χ2n) is 4.80. The summed E-state index contributed by atoms with van der Waals surface area (Å²) in [6.07, 6.45) is 6.33. The lowest BCUT2D eigenvalue weighted by molar-refractivity contribution is 0.284. The molecule has 0 atom stereocenters. The smallest absolute Gasteiger partial charge is 0.202 e. The SMILES string of the molecule is CCCCn1ccnc1NCCN(C)C(C)C. The van der Waals surface area contributed by atoms with E-state index in [1.165, 1.54) is 12.8 Å². The van der Waals surface area contributed by atoms with E-state index in [9.17, 15) is 0 Å². The van der Waals surface area contributed by atoms with E-state index in [-0.39, 0.29) is 0 Å². The molecule has 1 aromatic heterocycles. The minimum atomic E-state index is 0.594. The van der Waals surface area contributed by atoms with Gasteiger partial charge >= 0.3 is 0 Å². The van der Waals surface area contributed by atoms with E-state index in [0.717, 1.165) is 25.6 Å². The molecule has 0 bridgehead atoms. The molecule has 1 aromatic rings. The van der Waals surface area contributed by atoms with Crippen LogP contribution in [-0.2, 0) is 6.54 Å². The van der Waals surface area contributed by atoms with E-state index in [1.54, 1.807) is 0 Å². The Morgan fingerprint density at radius 2 is 2.24 bits per heavy atom. The van der Waals surface area contributed by atoms with Gasteiger partial charge in [-0.3, -0.25) is 0 Å². The van der Waals surface area contributed by atoms with E-state index in [1.807, 2.05) is 12.4 Å². The Balaban J connectivity index is 2.33. The van der Waals surface area contributed by atoms with E-state index < -0.39 is 0 Å². The maximum atomic E-state index is 4.34. The van der Waals surface area contributed by atoms with Crippen molar-refractivity contribution in [1.29, 1.82) is 0 Å². The first kappa shape index (κ1) is 14.0. The Morgan fingerprint density at radius 3 is 2.88 bits per heavy atom. The Labute approximate surface area is 105 Å². The van der Waals surface area contributed by atoms with E-state index in [4.69, 9.17) is 0 Å². The van der Waals surface area contributed by atoms with Crippen molar-refractivity contribution in [1.82, 2.24) is 14.5 Å². The summed E-state index contributed by atoms with van der Waals surface area (Å²) in [5.74, 6) is 0.996. The molecule has 0 aliphatic heterocycles. The molecule has 1 heterocycles. The molecular weight excluding hydrogens is 212 g/mol. The molecule has 0 saturated carbocycles. The van der Waals surface area contributed by atoms with Gasteiger partial charge in [0, 0.05) is 38.1 Å². The highest BCUT2D eigenvalue weighted by Crippen LogP contribution is 2.06. The lowest BCUT2D eigenvalue weighted by atomic mass is 10.3. The summed E-state index contributed by atoms with van der Waals surface area (Å²) in [6, 6.07) is 0.594. The average molecular weight is 238 g/mol. The van der Waals surface area contributed by atoms with Crippen LogP contribution in [0.1, 0.15) is 33.6 Å². The van der Waals surface area contributed by atoms with Gasteiger partial charge in [-0.2, -0.15) is 0 Å². The Hall–Kier alpha value is -1.03. The molecule has 1 N–H and O–H groups in total. The van der Waals surface area contributed by atoms with Crippen LogP contribution in [0.25, 0.3) is 0 Å². The van der Waals surface area contributed by atoms with Crippen LogP contribution in [0.2, 0.25) is 0 Å². The molecule has 0 aliphatic carbocycles. The zero-order valence-electron chi connectivity index (χ0n) is 11.6. The number of anilines is 1. The first-order chi connectivity index (χ1) is 8.15. The summed E-state index contributed by atoms with van der Waals surface area (Å²) in [5.41, 5.74) is 0. The molecule has 0 saturated heterocycles. The highest BCUT2D eigenvalue weighted by molar-refractivity contribution is 5.25. The van der Waals surface area contributed by atoms with Crippen molar-refractivity contribution in [2.45, 2.75) is 46.2 Å². The summed E-state index contributed by atoms with van der Waals surface area (Å²) < 4.78 is 2.19. The van der Waals surface area contributed by atoms with Gasteiger partial charge in [0.2, 0.25) is 5.95 Å². The van der Waals surface area contributed by atoms with Crippen molar-refractivity contribution in [3.63, 3.8) is 0 Å². The number of unbranched alkanes of at least 4 members (excludes halogenated alkanes) is 1. The maximum Gasteiger partial charge on any atom is 0.202 e. The van der Waals surface area contributed by atoms with Crippen LogP contribution in [-0.4, -0.2) is 40.6 Å². The summed E-state index contributed by atoms with van der Waals surface area (Å²) in [6.45, 7) is 9.67. The molecule has 0 spiro atoms. The van der Waals surface area contributed by atoms with Crippen molar-refractivity contribution in [3.05, 3.63) is 12.4 Å². The number of aryl methyl sites for hydroxylation is 1. The molecule has 0 unspecified atom stereocenters. The number of imidazole rings is 1. The van der Waals surface area contributed by atoms with Crippen molar-refractivity contribution in [3.8, 4) is 0 Å². The molecule has 0 amide bonds. The quantitative estimate of drug-likeness (QED) is 0.755. The van der Waals surface area contributed by atoms with Crippen LogP contribution in [0.3, 0.4) is 0 Å². The fourth-order valence-corrected chi connectivity index (χ4v) is 1.59. The highest BCUT2D eigenvalue weighted by Gasteiger charge is 2.04. The second-order valence-corrected chi connectivity index (χ2v) is 4.80. The van der Waals surface area contributed by atoms with Gasteiger partial charge in [0.25, 0.3) is 0 Å². The normalized spacial score (nSPS) is 11.4. The number of likely N-dealkylation sites (N-methyl/N-ethyl adjacent to an activating group) is 1. The lowest BCUT2D eigenvalue weighted by Gasteiger charge is -2.21. The van der Waals surface area contributed by atoms with Gasteiger partial charge in [0.15, 0.2) is 0 Å². The molecule has 1 rings (SSSR count). The predicted molar refractivity (Wildman–Crippen MR) is 73.4 cm³/mol.